The minimum Gasteiger partial charge on any atom is -0.455 e. The summed E-state index contributed by atoms with van der Waals surface area (Å²) in [6.07, 6.45) is 20.5. The molecule has 2 aliphatic rings. The Balaban J connectivity index is 0.00000316. The first-order valence-corrected chi connectivity index (χ1v) is 16.0. The molecule has 0 bridgehead atoms. The van der Waals surface area contributed by atoms with Gasteiger partial charge in [0.2, 0.25) is 0 Å². The van der Waals surface area contributed by atoms with Crippen LogP contribution in [-0.4, -0.2) is 13.1 Å². The van der Waals surface area contributed by atoms with Gasteiger partial charge in [-0.05, 0) is 85.9 Å². The Morgan fingerprint density at radius 2 is 1.84 bits per heavy atom. The van der Waals surface area contributed by atoms with Gasteiger partial charge in [0, 0.05) is 30.3 Å². The molecule has 0 spiro atoms. The van der Waals surface area contributed by atoms with Crippen molar-refractivity contribution in [2.75, 3.05) is 18.4 Å². The first-order valence-electron chi connectivity index (χ1n) is 16.0. The number of hydrogen-bond donors (Lipinski definition) is 2. The lowest BCUT2D eigenvalue weighted by molar-refractivity contribution is 0.422. The fraction of sp³-hybridized carbons (Fsp3) is 0.436. The predicted octanol–water partition coefficient (Wildman–Crippen LogP) is 11.2. The van der Waals surface area contributed by atoms with E-state index in [1.54, 1.807) is 6.07 Å². The number of unbranched alkanes of at least 4 members (excludes halogenated alkanes) is 2. The van der Waals surface area contributed by atoms with Gasteiger partial charge >= 0.3 is 0 Å². The van der Waals surface area contributed by atoms with Crippen molar-refractivity contribution in [3.63, 3.8) is 0 Å². The Morgan fingerprint density at radius 1 is 1.09 bits per heavy atom. The van der Waals surface area contributed by atoms with E-state index in [1.165, 1.54) is 31.3 Å². The molecule has 43 heavy (non-hydrogen) atoms. The van der Waals surface area contributed by atoms with Crippen LogP contribution in [0.15, 0.2) is 97.0 Å². The molecule has 0 aliphatic heterocycles. The smallest absolute Gasteiger partial charge is 0.157 e. The number of rotatable bonds is 16. The third-order valence-electron chi connectivity index (χ3n) is 8.20. The van der Waals surface area contributed by atoms with Crippen LogP contribution in [0.5, 0.6) is 5.75 Å². The third kappa shape index (κ3) is 9.74. The van der Waals surface area contributed by atoms with Gasteiger partial charge in [0.15, 0.2) is 11.6 Å². The predicted molar refractivity (Wildman–Crippen MR) is 187 cm³/mol. The van der Waals surface area contributed by atoms with E-state index >= 15 is 4.39 Å². The van der Waals surface area contributed by atoms with Crippen molar-refractivity contribution in [1.29, 1.82) is 0 Å². The summed E-state index contributed by atoms with van der Waals surface area (Å²) in [5.74, 6) is 1.99. The van der Waals surface area contributed by atoms with E-state index in [-0.39, 0.29) is 5.82 Å². The Morgan fingerprint density at radius 3 is 2.51 bits per heavy atom. The van der Waals surface area contributed by atoms with Crippen LogP contribution in [0.4, 0.5) is 10.1 Å². The van der Waals surface area contributed by atoms with Crippen LogP contribution >= 0.6 is 0 Å². The summed E-state index contributed by atoms with van der Waals surface area (Å²) in [6.45, 7) is 28.9. The maximum absolute atomic E-state index is 15.8. The first-order chi connectivity index (χ1) is 20.7. The van der Waals surface area contributed by atoms with Crippen molar-refractivity contribution in [2.24, 2.45) is 11.8 Å². The molecule has 3 nitrogen and oxygen atoms in total. The second kappa shape index (κ2) is 18.2. The average Bonchev–Trinajstić information content (AvgIpc) is 3.00. The SMILES string of the molecule is C=C.C=C(NCCC(C)CCCCC)/C(=C/C)C(=C)c1cc(F)c(NCCC)c(OC2=C(C)CC3C=CC=CC3=C2)c1C. The van der Waals surface area contributed by atoms with Gasteiger partial charge in [-0.15, -0.1) is 13.2 Å². The fourth-order valence-corrected chi connectivity index (χ4v) is 5.58. The lowest BCUT2D eigenvalue weighted by Gasteiger charge is -2.27. The summed E-state index contributed by atoms with van der Waals surface area (Å²) >= 11 is 0. The highest BCUT2D eigenvalue weighted by atomic mass is 19.1. The van der Waals surface area contributed by atoms with E-state index in [0.717, 1.165) is 65.1 Å². The lowest BCUT2D eigenvalue weighted by Crippen LogP contribution is -2.18. The van der Waals surface area contributed by atoms with Crippen molar-refractivity contribution < 1.29 is 9.13 Å². The molecule has 1 aromatic rings. The van der Waals surface area contributed by atoms with E-state index in [2.05, 4.69) is 95.0 Å². The number of allylic oxidation sites excluding steroid dienone is 9. The Kier molecular flexibility index (Phi) is 15.1. The normalized spacial score (nSPS) is 16.5. The number of halogens is 1. The minimum absolute atomic E-state index is 0.342. The topological polar surface area (TPSA) is 33.3 Å². The summed E-state index contributed by atoms with van der Waals surface area (Å²) in [7, 11) is 0. The van der Waals surface area contributed by atoms with E-state index in [4.69, 9.17) is 4.74 Å². The molecule has 2 N–H and O–H groups in total. The van der Waals surface area contributed by atoms with Gasteiger partial charge in [-0.25, -0.2) is 4.39 Å². The van der Waals surface area contributed by atoms with Crippen LogP contribution in [-0.2, 0) is 0 Å². The van der Waals surface area contributed by atoms with Crippen LogP contribution in [0.3, 0.4) is 0 Å². The van der Waals surface area contributed by atoms with Crippen molar-refractivity contribution in [2.45, 2.75) is 86.5 Å². The molecule has 1 aromatic carbocycles. The van der Waals surface area contributed by atoms with E-state index in [1.807, 2.05) is 19.9 Å². The van der Waals surface area contributed by atoms with E-state index in [9.17, 15) is 0 Å². The molecule has 0 saturated heterocycles. The zero-order valence-corrected chi connectivity index (χ0v) is 27.7. The highest BCUT2D eigenvalue weighted by molar-refractivity contribution is 5.85. The molecular weight excluding hydrogens is 531 g/mol. The number of ether oxygens (including phenoxy) is 1. The number of anilines is 1. The van der Waals surface area contributed by atoms with Crippen molar-refractivity contribution in [3.05, 3.63) is 114 Å². The third-order valence-corrected chi connectivity index (χ3v) is 8.20. The number of benzene rings is 1. The largest absolute Gasteiger partial charge is 0.455 e. The summed E-state index contributed by atoms with van der Waals surface area (Å²) in [4.78, 5) is 0. The Bertz CT molecular complexity index is 1280. The standard InChI is InChI=1S/C37H51FN2O.C2H4/c1-9-12-13-16-25(4)19-21-39-29(8)32(11-3)27(6)33-24-34(38)36(40-20-10-2)37(28(33)7)41-35-23-31-18-15-14-17-30(31)22-26(35)5;1-2/h11,14-15,17-18,23-25,30,39-40H,6,8-10,12-13,16,19-22H2,1-5,7H3;1-2H2/b32-11+;. The van der Waals surface area contributed by atoms with Gasteiger partial charge in [0.05, 0.1) is 0 Å². The van der Waals surface area contributed by atoms with Crippen molar-refractivity contribution in [1.82, 2.24) is 5.32 Å². The molecule has 0 aromatic heterocycles. The van der Waals surface area contributed by atoms with Gasteiger partial charge in [0.1, 0.15) is 11.4 Å². The van der Waals surface area contributed by atoms with Gasteiger partial charge < -0.3 is 15.4 Å². The maximum Gasteiger partial charge on any atom is 0.157 e. The second-order valence-corrected chi connectivity index (χ2v) is 11.6. The Hall–Kier alpha value is -3.53. The van der Waals surface area contributed by atoms with Gasteiger partial charge in [-0.2, -0.15) is 0 Å². The van der Waals surface area contributed by atoms with Gasteiger partial charge in [-0.3, -0.25) is 0 Å². The van der Waals surface area contributed by atoms with Crippen LogP contribution in [0, 0.1) is 24.6 Å². The zero-order chi connectivity index (χ0) is 31.9. The zero-order valence-electron chi connectivity index (χ0n) is 27.7. The van der Waals surface area contributed by atoms with Crippen molar-refractivity contribution >= 4 is 11.3 Å². The fourth-order valence-electron chi connectivity index (χ4n) is 5.58. The van der Waals surface area contributed by atoms with Crippen LogP contribution in [0.25, 0.3) is 5.57 Å². The first kappa shape index (κ1) is 35.7. The molecule has 0 amide bonds. The van der Waals surface area contributed by atoms with E-state index < -0.39 is 0 Å². The monoisotopic (exact) mass is 586 g/mol. The number of fused-ring (bicyclic) bond motifs is 1. The molecule has 4 heteroatoms. The molecular formula is C39H55FN2O. The molecule has 2 aliphatic carbocycles. The molecule has 0 radical (unpaired) electrons. The summed E-state index contributed by atoms with van der Waals surface area (Å²) in [6, 6.07) is 1.58. The highest BCUT2D eigenvalue weighted by Crippen LogP contribution is 2.42. The molecule has 2 atom stereocenters. The maximum atomic E-state index is 15.8. The molecule has 2 unspecified atom stereocenters. The van der Waals surface area contributed by atoms with Crippen LogP contribution in [0.2, 0.25) is 0 Å². The second-order valence-electron chi connectivity index (χ2n) is 11.6. The van der Waals surface area contributed by atoms with Crippen LogP contribution in [0.1, 0.15) is 90.7 Å². The van der Waals surface area contributed by atoms with Crippen LogP contribution < -0.4 is 15.4 Å². The average molecular weight is 587 g/mol. The summed E-state index contributed by atoms with van der Waals surface area (Å²) in [5, 5.41) is 6.78. The summed E-state index contributed by atoms with van der Waals surface area (Å²) < 4.78 is 22.4. The minimum atomic E-state index is -0.342. The molecule has 234 valence electrons. The molecule has 0 saturated carbocycles. The highest BCUT2D eigenvalue weighted by Gasteiger charge is 2.25. The molecule has 3 rings (SSSR count). The summed E-state index contributed by atoms with van der Waals surface area (Å²) in [5.41, 5.74) is 6.79. The number of hydrogen-bond acceptors (Lipinski definition) is 3. The molecule has 0 fully saturated rings. The van der Waals surface area contributed by atoms with Crippen molar-refractivity contribution in [3.8, 4) is 5.75 Å². The lowest BCUT2D eigenvalue weighted by atomic mass is 9.84. The quantitative estimate of drug-likeness (QED) is 0.115. The van der Waals surface area contributed by atoms with Gasteiger partial charge in [0.25, 0.3) is 0 Å². The number of nitrogens with one attached hydrogen (secondary N) is 2. The van der Waals surface area contributed by atoms with E-state index in [0.29, 0.717) is 29.8 Å². The van der Waals surface area contributed by atoms with Gasteiger partial charge in [-0.1, -0.05) is 90.0 Å². The molecule has 0 heterocycles. The Labute approximate surface area is 261 Å².